The predicted octanol–water partition coefficient (Wildman–Crippen LogP) is 1.86. The molecule has 15 heavy (non-hydrogen) atoms. The van der Waals surface area contributed by atoms with Gasteiger partial charge in [-0.05, 0) is 43.8 Å². The number of hydrazine groups is 1. The van der Waals surface area contributed by atoms with Gasteiger partial charge in [0.2, 0.25) is 0 Å². The van der Waals surface area contributed by atoms with Crippen LogP contribution in [0.15, 0.2) is 30.3 Å². The molecule has 4 nitrogen and oxygen atoms in total. The Morgan fingerprint density at radius 2 is 1.87 bits per heavy atom. The smallest absolute Gasteiger partial charge is 0.118 e. The van der Waals surface area contributed by atoms with E-state index in [-0.39, 0.29) is 0 Å². The van der Waals surface area contributed by atoms with Crippen LogP contribution in [0, 0.1) is 0 Å². The molecular formula is C11H19N3O. The zero-order valence-corrected chi connectivity index (χ0v) is 9.20. The Kier molecular flexibility index (Phi) is 7.05. The van der Waals surface area contributed by atoms with Crippen LogP contribution in [-0.4, -0.2) is 12.2 Å². The van der Waals surface area contributed by atoms with Crippen LogP contribution in [0.25, 0.3) is 5.76 Å². The van der Waals surface area contributed by atoms with Gasteiger partial charge in [0.1, 0.15) is 5.76 Å². The summed E-state index contributed by atoms with van der Waals surface area (Å²) in [5, 5.41) is 9.49. The molecule has 84 valence electrons. The summed E-state index contributed by atoms with van der Waals surface area (Å²) in [5.74, 6) is 5.52. The van der Waals surface area contributed by atoms with Crippen molar-refractivity contribution in [3.63, 3.8) is 0 Å². The molecule has 0 atom stereocenters. The Balaban J connectivity index is 0.000000921. The molecule has 0 saturated heterocycles. The Hall–Kier alpha value is -1.52. The van der Waals surface area contributed by atoms with E-state index in [1.807, 2.05) is 31.2 Å². The molecule has 0 amide bonds. The average molecular weight is 209 g/mol. The Morgan fingerprint density at radius 3 is 2.27 bits per heavy atom. The van der Waals surface area contributed by atoms with E-state index in [9.17, 15) is 5.11 Å². The zero-order chi connectivity index (χ0) is 11.7. The van der Waals surface area contributed by atoms with Crippen LogP contribution in [-0.2, 0) is 0 Å². The lowest BCUT2D eigenvalue weighted by atomic mass is 10.1. The van der Waals surface area contributed by atoms with Gasteiger partial charge >= 0.3 is 0 Å². The van der Waals surface area contributed by atoms with E-state index in [0.717, 1.165) is 17.7 Å². The lowest BCUT2D eigenvalue weighted by molar-refractivity contribution is 0.509. The van der Waals surface area contributed by atoms with Crippen molar-refractivity contribution in [3.05, 3.63) is 35.9 Å². The average Bonchev–Trinajstić information content (AvgIpc) is 2.32. The summed E-state index contributed by atoms with van der Waals surface area (Å²) in [6, 6.07) is 7.26. The fourth-order valence-corrected chi connectivity index (χ4v) is 1.05. The second-order valence-electron chi connectivity index (χ2n) is 2.72. The zero-order valence-electron chi connectivity index (χ0n) is 9.20. The molecule has 0 aliphatic rings. The molecule has 0 fully saturated rings. The number of allylic oxidation sites excluding steroid dienone is 1. The third-order valence-electron chi connectivity index (χ3n) is 1.74. The van der Waals surface area contributed by atoms with Gasteiger partial charge in [0.25, 0.3) is 0 Å². The van der Waals surface area contributed by atoms with Crippen LogP contribution in [0.1, 0.15) is 18.9 Å². The van der Waals surface area contributed by atoms with Gasteiger partial charge in [-0.3, -0.25) is 5.84 Å². The van der Waals surface area contributed by atoms with E-state index >= 15 is 0 Å². The van der Waals surface area contributed by atoms with Gasteiger partial charge in [-0.1, -0.05) is 6.92 Å². The second-order valence-corrected chi connectivity index (χ2v) is 2.72. The molecule has 0 unspecified atom stereocenters. The van der Waals surface area contributed by atoms with Crippen LogP contribution in [0.2, 0.25) is 0 Å². The molecule has 0 spiro atoms. The minimum absolute atomic E-state index is 0.311. The number of nitrogen functional groups attached to an aromatic ring is 1. The maximum absolute atomic E-state index is 9.49. The third-order valence-corrected chi connectivity index (χ3v) is 1.74. The lowest BCUT2D eigenvalue weighted by Crippen LogP contribution is -2.06. The summed E-state index contributed by atoms with van der Waals surface area (Å²) < 4.78 is 0. The molecular weight excluding hydrogens is 190 g/mol. The molecule has 0 bridgehead atoms. The summed E-state index contributed by atoms with van der Waals surface area (Å²) in [4.78, 5) is 0. The first-order valence-electron chi connectivity index (χ1n) is 4.82. The van der Waals surface area contributed by atoms with Crippen molar-refractivity contribution in [1.82, 2.24) is 0 Å². The summed E-state index contributed by atoms with van der Waals surface area (Å²) in [6.45, 7) is 1.98. The summed E-state index contributed by atoms with van der Waals surface area (Å²) >= 11 is 0. The molecule has 0 aromatic heterocycles. The number of nitrogens with two attached hydrogens (primary N) is 2. The molecule has 4 heteroatoms. The van der Waals surface area contributed by atoms with Gasteiger partial charge in [0.05, 0.1) is 0 Å². The highest BCUT2D eigenvalue weighted by Gasteiger charge is 1.96. The van der Waals surface area contributed by atoms with E-state index in [4.69, 9.17) is 5.84 Å². The van der Waals surface area contributed by atoms with Gasteiger partial charge < -0.3 is 16.3 Å². The van der Waals surface area contributed by atoms with Crippen LogP contribution in [0.5, 0.6) is 0 Å². The van der Waals surface area contributed by atoms with Gasteiger partial charge in [-0.25, -0.2) is 0 Å². The number of aliphatic hydroxyl groups is 1. The molecule has 0 radical (unpaired) electrons. The first kappa shape index (κ1) is 13.5. The third kappa shape index (κ3) is 4.49. The summed E-state index contributed by atoms with van der Waals surface area (Å²) in [7, 11) is 1.50. The predicted molar refractivity (Wildman–Crippen MR) is 65.3 cm³/mol. The quantitative estimate of drug-likeness (QED) is 0.348. The van der Waals surface area contributed by atoms with Crippen molar-refractivity contribution >= 4 is 11.4 Å². The minimum atomic E-state index is 0.311. The SMILES string of the molecule is CC/C=C(/O)c1ccc(NN)cc1.CN. The van der Waals surface area contributed by atoms with Crippen molar-refractivity contribution in [1.29, 1.82) is 0 Å². The van der Waals surface area contributed by atoms with Gasteiger partial charge in [-0.2, -0.15) is 0 Å². The van der Waals surface area contributed by atoms with Gasteiger partial charge in [0, 0.05) is 11.3 Å². The second kappa shape index (κ2) is 7.84. The number of rotatable bonds is 3. The lowest BCUT2D eigenvalue weighted by Gasteiger charge is -2.02. The minimum Gasteiger partial charge on any atom is -0.508 e. The standard InChI is InChI=1S/C10H14N2O.CH5N/c1-2-3-10(13)8-4-6-9(12-11)7-5-8;1-2/h3-7,12-13H,2,11H2,1H3;2H2,1H3/b10-3+;. The fourth-order valence-electron chi connectivity index (χ4n) is 1.05. The van der Waals surface area contributed by atoms with Gasteiger partial charge in [-0.15, -0.1) is 0 Å². The van der Waals surface area contributed by atoms with Crippen LogP contribution >= 0.6 is 0 Å². The van der Waals surface area contributed by atoms with Crippen molar-refractivity contribution in [2.24, 2.45) is 11.6 Å². The normalized spacial score (nSPS) is 10.3. The molecule has 0 heterocycles. The summed E-state index contributed by atoms with van der Waals surface area (Å²) in [6.07, 6.45) is 2.59. The highest BCUT2D eigenvalue weighted by atomic mass is 16.3. The number of hydrogen-bond donors (Lipinski definition) is 4. The maximum Gasteiger partial charge on any atom is 0.118 e. The Morgan fingerprint density at radius 1 is 1.33 bits per heavy atom. The maximum atomic E-state index is 9.49. The van der Waals surface area contributed by atoms with E-state index in [1.165, 1.54) is 7.05 Å². The monoisotopic (exact) mass is 209 g/mol. The largest absolute Gasteiger partial charge is 0.508 e. The molecule has 1 aromatic carbocycles. The van der Waals surface area contributed by atoms with Crippen LogP contribution < -0.4 is 17.0 Å². The molecule has 0 saturated carbocycles. The Bertz CT molecular complexity index is 293. The molecule has 0 aliphatic heterocycles. The summed E-state index contributed by atoms with van der Waals surface area (Å²) in [5.41, 5.74) is 8.66. The van der Waals surface area contributed by atoms with E-state index in [0.29, 0.717) is 5.76 Å². The van der Waals surface area contributed by atoms with Crippen molar-refractivity contribution in [2.45, 2.75) is 13.3 Å². The number of nitrogens with one attached hydrogen (secondary N) is 1. The van der Waals surface area contributed by atoms with Crippen molar-refractivity contribution < 1.29 is 5.11 Å². The molecule has 0 aliphatic carbocycles. The van der Waals surface area contributed by atoms with Gasteiger partial charge in [0.15, 0.2) is 0 Å². The number of benzene rings is 1. The fraction of sp³-hybridized carbons (Fsp3) is 0.273. The molecule has 6 N–H and O–H groups in total. The molecule has 1 rings (SSSR count). The van der Waals surface area contributed by atoms with E-state index < -0.39 is 0 Å². The topological polar surface area (TPSA) is 84.3 Å². The number of anilines is 1. The first-order valence-corrected chi connectivity index (χ1v) is 4.82. The Labute approximate surface area is 90.6 Å². The number of aliphatic hydroxyl groups excluding tert-OH is 1. The van der Waals surface area contributed by atoms with E-state index in [1.54, 1.807) is 6.08 Å². The first-order chi connectivity index (χ1) is 7.27. The van der Waals surface area contributed by atoms with E-state index in [2.05, 4.69) is 11.2 Å². The van der Waals surface area contributed by atoms with Crippen LogP contribution in [0.3, 0.4) is 0 Å². The highest BCUT2D eigenvalue weighted by molar-refractivity contribution is 5.60. The van der Waals surface area contributed by atoms with Crippen LogP contribution in [0.4, 0.5) is 5.69 Å². The highest BCUT2D eigenvalue weighted by Crippen LogP contribution is 2.14. The number of hydrogen-bond acceptors (Lipinski definition) is 4. The molecule has 1 aromatic rings. The van der Waals surface area contributed by atoms with Crippen molar-refractivity contribution in [3.8, 4) is 0 Å². The van der Waals surface area contributed by atoms with Crippen molar-refractivity contribution in [2.75, 3.05) is 12.5 Å².